The van der Waals surface area contributed by atoms with E-state index in [-0.39, 0.29) is 11.3 Å². The van der Waals surface area contributed by atoms with Gasteiger partial charge in [0.25, 0.3) is 5.56 Å². The first-order valence-electron chi connectivity index (χ1n) is 7.17. The molecule has 7 heteroatoms. The largest absolute Gasteiger partial charge is 0.300 e. The average molecular weight is 355 g/mol. The van der Waals surface area contributed by atoms with Crippen LogP contribution in [0.25, 0.3) is 22.4 Å². The summed E-state index contributed by atoms with van der Waals surface area (Å²) >= 11 is 1.25. The maximum atomic E-state index is 13.4. The molecular weight excluding hydrogens is 344 g/mol. The third kappa shape index (κ3) is 3.44. The van der Waals surface area contributed by atoms with Crippen LogP contribution in [0, 0.1) is 23.0 Å². The molecule has 0 aliphatic carbocycles. The molecule has 0 unspecified atom stereocenters. The number of aromatic nitrogens is 2. The highest BCUT2D eigenvalue weighted by Crippen LogP contribution is 2.26. The number of nitrogens with zero attached hydrogens (tertiary/aromatic N) is 2. The number of nitrogens with one attached hydrogen (secondary N) is 1. The fourth-order valence-corrected chi connectivity index (χ4v) is 2.78. The van der Waals surface area contributed by atoms with Gasteiger partial charge in [0, 0.05) is 11.6 Å². The smallest absolute Gasteiger partial charge is 0.270 e. The Balaban J connectivity index is 2.08. The zero-order chi connectivity index (χ0) is 18.0. The summed E-state index contributed by atoms with van der Waals surface area (Å²) in [4.78, 5) is 18.8. The molecule has 3 aromatic rings. The van der Waals surface area contributed by atoms with Crippen LogP contribution in [0.15, 0.2) is 52.4 Å². The fourth-order valence-electron chi connectivity index (χ4n) is 2.40. The number of H-pyrrole nitrogens is 1. The van der Waals surface area contributed by atoms with E-state index >= 15 is 0 Å². The third-order valence-corrected chi connectivity index (χ3v) is 4.14. The Hall–Kier alpha value is -2.98. The van der Waals surface area contributed by atoms with Gasteiger partial charge < -0.3 is 4.98 Å². The van der Waals surface area contributed by atoms with Gasteiger partial charge in [-0.15, -0.1) is 0 Å². The minimum Gasteiger partial charge on any atom is -0.300 e. The Morgan fingerprint density at radius 3 is 2.20 bits per heavy atom. The summed E-state index contributed by atoms with van der Waals surface area (Å²) < 4.78 is 26.7. The number of aromatic amines is 1. The van der Waals surface area contributed by atoms with Crippen LogP contribution >= 0.6 is 11.8 Å². The summed E-state index contributed by atoms with van der Waals surface area (Å²) in [6.07, 6.45) is 1.76. The first kappa shape index (κ1) is 16.9. The zero-order valence-corrected chi connectivity index (χ0v) is 13.8. The van der Waals surface area contributed by atoms with Crippen LogP contribution < -0.4 is 5.56 Å². The molecule has 0 bridgehead atoms. The van der Waals surface area contributed by atoms with Crippen molar-refractivity contribution in [1.82, 2.24) is 9.97 Å². The second kappa shape index (κ2) is 6.87. The van der Waals surface area contributed by atoms with E-state index in [0.717, 1.165) is 6.07 Å². The number of nitriles is 1. The van der Waals surface area contributed by atoms with Gasteiger partial charge in [0.05, 0.1) is 5.69 Å². The molecule has 1 aromatic heterocycles. The minimum atomic E-state index is -0.660. The molecule has 0 atom stereocenters. The number of rotatable bonds is 3. The van der Waals surface area contributed by atoms with Crippen molar-refractivity contribution in [2.75, 3.05) is 6.26 Å². The van der Waals surface area contributed by atoms with Crippen molar-refractivity contribution in [3.8, 4) is 28.5 Å². The zero-order valence-electron chi connectivity index (χ0n) is 13.0. The summed E-state index contributed by atoms with van der Waals surface area (Å²) in [6.45, 7) is 0. The lowest BCUT2D eigenvalue weighted by Crippen LogP contribution is -2.14. The topological polar surface area (TPSA) is 69.5 Å². The van der Waals surface area contributed by atoms with Crippen molar-refractivity contribution in [1.29, 1.82) is 5.26 Å². The van der Waals surface area contributed by atoms with E-state index in [1.165, 1.54) is 23.9 Å². The van der Waals surface area contributed by atoms with Crippen LogP contribution in [0.1, 0.15) is 5.56 Å². The number of hydrogen-bond acceptors (Lipinski definition) is 4. The van der Waals surface area contributed by atoms with Crippen LogP contribution in [-0.4, -0.2) is 16.2 Å². The lowest BCUT2D eigenvalue weighted by Gasteiger charge is -2.07. The van der Waals surface area contributed by atoms with E-state index in [4.69, 9.17) is 0 Å². The molecule has 0 spiro atoms. The molecule has 0 saturated carbocycles. The summed E-state index contributed by atoms with van der Waals surface area (Å²) in [5, 5.41) is 9.62. The van der Waals surface area contributed by atoms with Crippen molar-refractivity contribution in [2.24, 2.45) is 0 Å². The molecule has 0 saturated heterocycles. The van der Waals surface area contributed by atoms with Crippen LogP contribution in [0.2, 0.25) is 0 Å². The SMILES string of the molecule is CSc1nc(-c2ccc(-c3cc(F)cc(F)c3)cc2)c(C#N)c(=O)[nH]1. The van der Waals surface area contributed by atoms with E-state index in [9.17, 15) is 18.8 Å². The molecule has 1 N–H and O–H groups in total. The highest BCUT2D eigenvalue weighted by molar-refractivity contribution is 7.98. The number of halogens is 2. The Morgan fingerprint density at radius 1 is 1.04 bits per heavy atom. The van der Waals surface area contributed by atoms with E-state index in [2.05, 4.69) is 9.97 Å². The normalized spacial score (nSPS) is 10.5. The Kier molecular flexibility index (Phi) is 4.63. The van der Waals surface area contributed by atoms with Gasteiger partial charge >= 0.3 is 0 Å². The van der Waals surface area contributed by atoms with Gasteiger partial charge in [-0.1, -0.05) is 36.0 Å². The van der Waals surface area contributed by atoms with Crippen LogP contribution in [-0.2, 0) is 0 Å². The van der Waals surface area contributed by atoms with Crippen molar-refractivity contribution in [2.45, 2.75) is 5.16 Å². The minimum absolute atomic E-state index is 0.0812. The summed E-state index contributed by atoms with van der Waals surface area (Å²) in [5.74, 6) is -1.32. The van der Waals surface area contributed by atoms with Gasteiger partial charge in [0.15, 0.2) is 5.16 Å². The third-order valence-electron chi connectivity index (χ3n) is 3.56. The molecule has 2 aromatic carbocycles. The monoisotopic (exact) mass is 355 g/mol. The molecule has 0 amide bonds. The van der Waals surface area contributed by atoms with Crippen molar-refractivity contribution >= 4 is 11.8 Å². The summed E-state index contributed by atoms with van der Waals surface area (Å²) in [7, 11) is 0. The number of thioether (sulfide) groups is 1. The van der Waals surface area contributed by atoms with E-state index < -0.39 is 17.2 Å². The predicted molar refractivity (Wildman–Crippen MR) is 92.1 cm³/mol. The molecule has 0 fully saturated rings. The quantitative estimate of drug-likeness (QED) is 0.570. The molecule has 0 radical (unpaired) electrons. The molecular formula is C18H11F2N3OS. The van der Waals surface area contributed by atoms with Gasteiger partial charge in [-0.2, -0.15) is 5.26 Å². The number of benzene rings is 2. The maximum absolute atomic E-state index is 13.4. The molecule has 25 heavy (non-hydrogen) atoms. The summed E-state index contributed by atoms with van der Waals surface area (Å²) in [6, 6.07) is 11.8. The molecule has 3 rings (SSSR count). The molecule has 0 aliphatic rings. The first-order chi connectivity index (χ1) is 12.0. The van der Waals surface area contributed by atoms with Crippen molar-refractivity contribution in [3.63, 3.8) is 0 Å². The predicted octanol–water partition coefficient (Wildman–Crippen LogP) is 3.98. The fraction of sp³-hybridized carbons (Fsp3) is 0.0556. The Bertz CT molecular complexity index is 1020. The van der Waals surface area contributed by atoms with Gasteiger partial charge in [-0.05, 0) is 29.5 Å². The lowest BCUT2D eigenvalue weighted by molar-refractivity contribution is 0.584. The molecule has 124 valence electrons. The van der Waals surface area contributed by atoms with E-state index in [1.54, 1.807) is 30.5 Å². The van der Waals surface area contributed by atoms with Crippen molar-refractivity contribution in [3.05, 3.63) is 70.0 Å². The van der Waals surface area contributed by atoms with E-state index in [1.807, 2.05) is 6.07 Å². The van der Waals surface area contributed by atoms with Crippen LogP contribution in [0.3, 0.4) is 0 Å². The molecule has 1 heterocycles. The highest BCUT2D eigenvalue weighted by atomic mass is 32.2. The maximum Gasteiger partial charge on any atom is 0.270 e. The van der Waals surface area contributed by atoms with E-state index in [0.29, 0.717) is 21.8 Å². The summed E-state index contributed by atoms with van der Waals surface area (Å²) in [5.41, 5.74) is 1.26. The second-order valence-electron chi connectivity index (χ2n) is 5.15. The first-order valence-corrected chi connectivity index (χ1v) is 8.39. The Labute approximate surface area is 146 Å². The highest BCUT2D eigenvalue weighted by Gasteiger charge is 2.13. The standard InChI is InChI=1S/C18H11F2N3OS/c1-25-18-22-16(15(9-21)17(24)23-18)11-4-2-10(3-5-11)12-6-13(19)8-14(20)7-12/h2-8H,1H3,(H,22,23,24). The van der Waals surface area contributed by atoms with Crippen LogP contribution in [0.4, 0.5) is 8.78 Å². The molecule has 4 nitrogen and oxygen atoms in total. The second-order valence-corrected chi connectivity index (χ2v) is 5.94. The molecule has 0 aliphatic heterocycles. The number of hydrogen-bond donors (Lipinski definition) is 1. The Morgan fingerprint density at radius 2 is 1.64 bits per heavy atom. The van der Waals surface area contributed by atoms with Gasteiger partial charge in [0.1, 0.15) is 23.3 Å². The van der Waals surface area contributed by atoms with Gasteiger partial charge in [0.2, 0.25) is 0 Å². The van der Waals surface area contributed by atoms with Crippen LogP contribution in [0.5, 0.6) is 0 Å². The lowest BCUT2D eigenvalue weighted by atomic mass is 10.0. The van der Waals surface area contributed by atoms with Gasteiger partial charge in [-0.25, -0.2) is 13.8 Å². The van der Waals surface area contributed by atoms with Gasteiger partial charge in [-0.3, -0.25) is 4.79 Å². The van der Waals surface area contributed by atoms with Crippen molar-refractivity contribution < 1.29 is 8.78 Å². The average Bonchev–Trinajstić information content (AvgIpc) is 2.60.